The van der Waals surface area contributed by atoms with Crippen molar-refractivity contribution in [1.82, 2.24) is 4.90 Å². The minimum absolute atomic E-state index is 0.979. The van der Waals surface area contributed by atoms with Crippen LogP contribution in [0.4, 0.5) is 5.69 Å². The molecule has 2 aromatic carbocycles. The molecule has 1 aliphatic carbocycles. The van der Waals surface area contributed by atoms with Gasteiger partial charge in [0.1, 0.15) is 0 Å². The second-order valence-corrected chi connectivity index (χ2v) is 5.55. The van der Waals surface area contributed by atoms with Crippen LogP contribution in [0, 0.1) is 0 Å². The normalized spacial score (nSPS) is 12.6. The first kappa shape index (κ1) is 12.2. The predicted molar refractivity (Wildman–Crippen MR) is 81.4 cm³/mol. The summed E-state index contributed by atoms with van der Waals surface area (Å²) >= 11 is 0. The van der Waals surface area contributed by atoms with Crippen molar-refractivity contribution in [2.45, 2.75) is 12.8 Å². The molecule has 0 fully saturated rings. The van der Waals surface area contributed by atoms with Crippen LogP contribution in [-0.2, 0) is 12.8 Å². The van der Waals surface area contributed by atoms with Crippen molar-refractivity contribution in [1.29, 1.82) is 0 Å². The fourth-order valence-electron chi connectivity index (χ4n) is 2.85. The van der Waals surface area contributed by atoms with E-state index in [-0.39, 0.29) is 0 Å². The van der Waals surface area contributed by atoms with Gasteiger partial charge in [-0.3, -0.25) is 0 Å². The monoisotopic (exact) mass is 252 g/mol. The number of anilines is 1. The first-order chi connectivity index (χ1) is 9.16. The van der Waals surface area contributed by atoms with Gasteiger partial charge in [0.05, 0.1) is 0 Å². The number of hydrogen-bond donors (Lipinski definition) is 1. The van der Waals surface area contributed by atoms with Crippen LogP contribution in [0.25, 0.3) is 11.1 Å². The topological polar surface area (TPSA) is 29.3 Å². The molecule has 2 nitrogen and oxygen atoms in total. The van der Waals surface area contributed by atoms with E-state index < -0.39 is 0 Å². The summed E-state index contributed by atoms with van der Waals surface area (Å²) in [6.07, 6.45) is 2.00. The summed E-state index contributed by atoms with van der Waals surface area (Å²) in [5, 5.41) is 0. The van der Waals surface area contributed by atoms with Crippen LogP contribution in [-0.4, -0.2) is 25.5 Å². The van der Waals surface area contributed by atoms with E-state index in [9.17, 15) is 0 Å². The zero-order chi connectivity index (χ0) is 13.4. The lowest BCUT2D eigenvalue weighted by Crippen LogP contribution is -2.16. The Morgan fingerprint density at radius 2 is 1.84 bits per heavy atom. The number of rotatable bonds is 3. The Hall–Kier alpha value is -1.80. The highest BCUT2D eigenvalue weighted by atomic mass is 15.0. The summed E-state index contributed by atoms with van der Waals surface area (Å²) in [5.74, 6) is 0. The fraction of sp³-hybridized carbons (Fsp3) is 0.294. The lowest BCUT2D eigenvalue weighted by atomic mass is 9.99. The summed E-state index contributed by atoms with van der Waals surface area (Å²) in [7, 11) is 4.19. The molecule has 2 aromatic rings. The van der Waals surface area contributed by atoms with Crippen LogP contribution in [0.5, 0.6) is 0 Å². The van der Waals surface area contributed by atoms with Crippen molar-refractivity contribution < 1.29 is 0 Å². The molecule has 0 saturated heterocycles. The number of nitrogens with zero attached hydrogens (tertiary/aromatic N) is 1. The molecule has 0 aromatic heterocycles. The highest BCUT2D eigenvalue weighted by molar-refractivity contribution is 5.82. The number of nitrogen functional groups attached to an aromatic ring is 1. The van der Waals surface area contributed by atoms with Crippen LogP contribution >= 0.6 is 0 Å². The van der Waals surface area contributed by atoms with E-state index in [1.54, 1.807) is 0 Å². The third-order valence-corrected chi connectivity index (χ3v) is 3.95. The molecule has 0 amide bonds. The summed E-state index contributed by atoms with van der Waals surface area (Å²) in [6, 6.07) is 13.0. The Bertz CT molecular complexity index is 615. The molecule has 3 rings (SSSR count). The smallest absolute Gasteiger partial charge is 0.0389 e. The van der Waals surface area contributed by atoms with E-state index in [2.05, 4.69) is 55.4 Å². The van der Waals surface area contributed by atoms with Crippen molar-refractivity contribution in [3.8, 4) is 11.1 Å². The van der Waals surface area contributed by atoms with Crippen molar-refractivity contribution in [3.63, 3.8) is 0 Å². The zero-order valence-electron chi connectivity index (χ0n) is 11.6. The molecule has 0 unspecified atom stereocenters. The van der Waals surface area contributed by atoms with Gasteiger partial charge in [0, 0.05) is 18.7 Å². The number of likely N-dealkylation sites (N-methyl/N-ethyl adjacent to an activating group) is 1. The van der Waals surface area contributed by atoms with Gasteiger partial charge in [-0.2, -0.15) is 0 Å². The highest BCUT2D eigenvalue weighted by Crippen LogP contribution is 2.40. The van der Waals surface area contributed by atoms with E-state index >= 15 is 0 Å². The van der Waals surface area contributed by atoms with Gasteiger partial charge >= 0.3 is 0 Å². The van der Waals surface area contributed by atoms with Crippen LogP contribution in [0.15, 0.2) is 36.4 Å². The van der Waals surface area contributed by atoms with Crippen LogP contribution in [0.3, 0.4) is 0 Å². The first-order valence-corrected chi connectivity index (χ1v) is 6.80. The highest BCUT2D eigenvalue weighted by Gasteiger charge is 2.21. The Morgan fingerprint density at radius 3 is 2.63 bits per heavy atom. The molecule has 0 spiro atoms. The van der Waals surface area contributed by atoms with Crippen molar-refractivity contribution in [2.75, 3.05) is 26.4 Å². The molecule has 2 heteroatoms. The Balaban J connectivity index is 1.98. The maximum absolute atomic E-state index is 6.38. The van der Waals surface area contributed by atoms with E-state index in [1.165, 1.54) is 27.8 Å². The quantitative estimate of drug-likeness (QED) is 0.726. The number of benzene rings is 2. The summed E-state index contributed by atoms with van der Waals surface area (Å²) in [5.41, 5.74) is 14.0. The SMILES string of the molecule is CN(C)CCc1ccc2c(c1N)Cc1ccccc1-2. The van der Waals surface area contributed by atoms with Gasteiger partial charge in [0.25, 0.3) is 0 Å². The molecule has 0 saturated carbocycles. The lowest BCUT2D eigenvalue weighted by molar-refractivity contribution is 0.414. The second kappa shape index (κ2) is 4.71. The van der Waals surface area contributed by atoms with Crippen LogP contribution in [0.1, 0.15) is 16.7 Å². The van der Waals surface area contributed by atoms with Gasteiger partial charge in [-0.25, -0.2) is 0 Å². The first-order valence-electron chi connectivity index (χ1n) is 6.80. The summed E-state index contributed by atoms with van der Waals surface area (Å²) < 4.78 is 0. The average molecular weight is 252 g/mol. The Morgan fingerprint density at radius 1 is 1.05 bits per heavy atom. The van der Waals surface area contributed by atoms with Gasteiger partial charge in [-0.05, 0) is 48.3 Å². The molecule has 98 valence electrons. The lowest BCUT2D eigenvalue weighted by Gasteiger charge is -2.13. The third kappa shape index (κ3) is 2.13. The molecule has 2 N–H and O–H groups in total. The zero-order valence-corrected chi connectivity index (χ0v) is 11.6. The molecule has 1 aliphatic rings. The van der Waals surface area contributed by atoms with E-state index in [0.717, 1.165) is 25.1 Å². The molecular weight excluding hydrogens is 232 g/mol. The minimum atomic E-state index is 0.979. The number of fused-ring (bicyclic) bond motifs is 3. The second-order valence-electron chi connectivity index (χ2n) is 5.55. The van der Waals surface area contributed by atoms with Gasteiger partial charge in [-0.15, -0.1) is 0 Å². The molecular formula is C17H20N2. The van der Waals surface area contributed by atoms with Gasteiger partial charge in [0.15, 0.2) is 0 Å². The summed E-state index contributed by atoms with van der Waals surface area (Å²) in [4.78, 5) is 2.20. The van der Waals surface area contributed by atoms with Crippen LogP contribution < -0.4 is 5.73 Å². The van der Waals surface area contributed by atoms with Crippen molar-refractivity contribution in [3.05, 3.63) is 53.1 Å². The van der Waals surface area contributed by atoms with Gasteiger partial charge < -0.3 is 10.6 Å². The van der Waals surface area contributed by atoms with E-state index in [4.69, 9.17) is 5.73 Å². The molecule has 0 atom stereocenters. The van der Waals surface area contributed by atoms with Crippen molar-refractivity contribution >= 4 is 5.69 Å². The van der Waals surface area contributed by atoms with E-state index in [1.807, 2.05) is 0 Å². The van der Waals surface area contributed by atoms with Crippen molar-refractivity contribution in [2.24, 2.45) is 0 Å². The van der Waals surface area contributed by atoms with Gasteiger partial charge in [-0.1, -0.05) is 36.4 Å². The molecule has 0 aliphatic heterocycles. The maximum atomic E-state index is 6.38. The molecule has 19 heavy (non-hydrogen) atoms. The summed E-state index contributed by atoms with van der Waals surface area (Å²) in [6.45, 7) is 1.04. The average Bonchev–Trinajstić information content (AvgIpc) is 2.77. The maximum Gasteiger partial charge on any atom is 0.0389 e. The molecule has 0 bridgehead atoms. The fourth-order valence-corrected chi connectivity index (χ4v) is 2.85. The molecule has 0 radical (unpaired) electrons. The Kier molecular flexibility index (Phi) is 3.03. The third-order valence-electron chi connectivity index (χ3n) is 3.95. The molecule has 0 heterocycles. The van der Waals surface area contributed by atoms with Gasteiger partial charge in [0.2, 0.25) is 0 Å². The number of hydrogen-bond acceptors (Lipinski definition) is 2. The number of nitrogens with two attached hydrogens (primary N) is 1. The standard InChI is InChI=1S/C17H20N2/c1-19(2)10-9-12-7-8-15-14-6-4-3-5-13(14)11-16(15)17(12)18/h3-8H,9-11,18H2,1-2H3. The van der Waals surface area contributed by atoms with E-state index in [0.29, 0.717) is 0 Å². The largest absolute Gasteiger partial charge is 0.398 e. The minimum Gasteiger partial charge on any atom is -0.398 e. The predicted octanol–water partition coefficient (Wildman–Crippen LogP) is 2.94. The van der Waals surface area contributed by atoms with Crippen LogP contribution in [0.2, 0.25) is 0 Å². The Labute approximate surface area is 114 Å².